The maximum atomic E-state index is 13.7. The molecule has 0 aliphatic rings. The summed E-state index contributed by atoms with van der Waals surface area (Å²) < 4.78 is 53.4. The summed E-state index contributed by atoms with van der Waals surface area (Å²) in [7, 11) is -3.81. The van der Waals surface area contributed by atoms with E-state index in [9.17, 15) is 26.8 Å². The SMILES string of the molecule is CCCCNC(=O)C(C)N(Cc1cccc(Br)c1)C(=O)CCCN(c1ccc(F)c(F)c1)S(C)(=O)=O. The third kappa shape index (κ3) is 8.85. The lowest BCUT2D eigenvalue weighted by molar-refractivity contribution is -0.140. The average molecular weight is 589 g/mol. The van der Waals surface area contributed by atoms with E-state index < -0.39 is 27.7 Å². The number of hydrogen-bond acceptors (Lipinski definition) is 4. The van der Waals surface area contributed by atoms with Crippen LogP contribution in [0.25, 0.3) is 0 Å². The van der Waals surface area contributed by atoms with Crippen LogP contribution in [0.2, 0.25) is 0 Å². The van der Waals surface area contributed by atoms with Crippen molar-refractivity contribution in [2.45, 2.75) is 52.1 Å². The molecule has 2 aromatic carbocycles. The first-order valence-corrected chi connectivity index (χ1v) is 14.3. The molecule has 0 radical (unpaired) electrons. The molecule has 0 saturated carbocycles. The summed E-state index contributed by atoms with van der Waals surface area (Å²) in [5.74, 6) is -2.85. The molecule has 198 valence electrons. The molecule has 1 unspecified atom stereocenters. The second-order valence-corrected chi connectivity index (χ2v) is 11.3. The molecule has 11 heteroatoms. The van der Waals surface area contributed by atoms with Crippen molar-refractivity contribution in [3.8, 4) is 0 Å². The highest BCUT2D eigenvalue weighted by Gasteiger charge is 2.26. The van der Waals surface area contributed by atoms with Crippen molar-refractivity contribution < 1.29 is 26.8 Å². The first-order valence-electron chi connectivity index (χ1n) is 11.7. The minimum absolute atomic E-state index is 0.0292. The van der Waals surface area contributed by atoms with Crippen LogP contribution in [0.5, 0.6) is 0 Å². The molecule has 0 aromatic heterocycles. The van der Waals surface area contributed by atoms with Crippen LogP contribution in [0.15, 0.2) is 46.9 Å². The van der Waals surface area contributed by atoms with E-state index in [2.05, 4.69) is 21.2 Å². The molecule has 2 aromatic rings. The molecule has 0 fully saturated rings. The van der Waals surface area contributed by atoms with Crippen LogP contribution >= 0.6 is 15.9 Å². The first kappa shape index (κ1) is 29.7. The molecule has 0 saturated heterocycles. The number of halogens is 3. The third-order valence-corrected chi connectivity index (χ3v) is 7.27. The van der Waals surface area contributed by atoms with Crippen LogP contribution in [0.3, 0.4) is 0 Å². The molecule has 0 aliphatic heterocycles. The van der Waals surface area contributed by atoms with Gasteiger partial charge < -0.3 is 10.2 Å². The largest absolute Gasteiger partial charge is 0.354 e. The molecule has 1 N–H and O–H groups in total. The van der Waals surface area contributed by atoms with Crippen molar-refractivity contribution in [3.05, 3.63) is 64.1 Å². The van der Waals surface area contributed by atoms with Crippen LogP contribution in [0.1, 0.15) is 45.1 Å². The molecular weight excluding hydrogens is 556 g/mol. The smallest absolute Gasteiger partial charge is 0.242 e. The normalized spacial score (nSPS) is 12.2. The van der Waals surface area contributed by atoms with Crippen molar-refractivity contribution in [1.82, 2.24) is 10.2 Å². The van der Waals surface area contributed by atoms with Gasteiger partial charge in [0.05, 0.1) is 11.9 Å². The van der Waals surface area contributed by atoms with Crippen LogP contribution in [0, 0.1) is 11.6 Å². The van der Waals surface area contributed by atoms with Gasteiger partial charge in [0.2, 0.25) is 21.8 Å². The number of nitrogens with one attached hydrogen (secondary N) is 1. The van der Waals surface area contributed by atoms with Crippen LogP contribution in [0.4, 0.5) is 14.5 Å². The van der Waals surface area contributed by atoms with Gasteiger partial charge in [-0.25, -0.2) is 17.2 Å². The number of amides is 2. The molecule has 7 nitrogen and oxygen atoms in total. The highest BCUT2D eigenvalue weighted by atomic mass is 79.9. The summed E-state index contributed by atoms with van der Waals surface area (Å²) in [6.07, 6.45) is 2.77. The lowest BCUT2D eigenvalue weighted by Gasteiger charge is -2.29. The topological polar surface area (TPSA) is 86.8 Å². The second-order valence-electron chi connectivity index (χ2n) is 8.51. The van der Waals surface area contributed by atoms with E-state index in [0.717, 1.165) is 45.6 Å². The summed E-state index contributed by atoms with van der Waals surface area (Å²) in [5, 5.41) is 2.85. The molecule has 0 spiro atoms. The second kappa shape index (κ2) is 13.7. The minimum Gasteiger partial charge on any atom is -0.354 e. The Balaban J connectivity index is 2.16. The molecule has 36 heavy (non-hydrogen) atoms. The van der Waals surface area contributed by atoms with Gasteiger partial charge in [-0.2, -0.15) is 0 Å². The van der Waals surface area contributed by atoms with Gasteiger partial charge in [0.1, 0.15) is 6.04 Å². The van der Waals surface area contributed by atoms with Crippen molar-refractivity contribution in [3.63, 3.8) is 0 Å². The Hall–Kier alpha value is -2.53. The summed E-state index contributed by atoms with van der Waals surface area (Å²) in [4.78, 5) is 27.4. The Morgan fingerprint density at radius 2 is 1.81 bits per heavy atom. The summed E-state index contributed by atoms with van der Waals surface area (Å²) in [5.41, 5.74) is 0.795. The molecule has 0 heterocycles. The van der Waals surface area contributed by atoms with Gasteiger partial charge in [0.25, 0.3) is 0 Å². The molecular formula is C25H32BrF2N3O4S. The maximum Gasteiger partial charge on any atom is 0.242 e. The maximum absolute atomic E-state index is 13.7. The number of nitrogens with zero attached hydrogens (tertiary/aromatic N) is 2. The van der Waals surface area contributed by atoms with Gasteiger partial charge in [0, 0.05) is 36.6 Å². The average Bonchev–Trinajstić information content (AvgIpc) is 2.81. The van der Waals surface area contributed by atoms with Crippen LogP contribution in [-0.2, 0) is 26.2 Å². The predicted octanol–water partition coefficient (Wildman–Crippen LogP) is 4.61. The number of carbonyl (C=O) groups excluding carboxylic acids is 2. The summed E-state index contributed by atoms with van der Waals surface area (Å²) >= 11 is 3.41. The van der Waals surface area contributed by atoms with Crippen molar-refractivity contribution >= 4 is 43.5 Å². The highest BCUT2D eigenvalue weighted by molar-refractivity contribution is 9.10. The number of hydrogen-bond donors (Lipinski definition) is 1. The van der Waals surface area contributed by atoms with Crippen LogP contribution in [-0.4, -0.2) is 50.5 Å². The van der Waals surface area contributed by atoms with E-state index in [1.54, 1.807) is 6.92 Å². The number of unbranched alkanes of at least 4 members (excludes halogenated alkanes) is 1. The molecule has 2 rings (SSSR count). The Morgan fingerprint density at radius 3 is 2.42 bits per heavy atom. The number of carbonyl (C=O) groups is 2. The number of sulfonamides is 1. The standard InChI is InChI=1S/C25H32BrF2N3O4S/c1-4-5-13-29-25(33)18(2)30(17-19-8-6-9-20(26)15-19)24(32)10-7-14-31(36(3,34)35)21-11-12-22(27)23(28)16-21/h6,8-9,11-12,15-16,18H,4-5,7,10,13-14,17H2,1-3H3,(H,29,33). The zero-order valence-electron chi connectivity index (χ0n) is 20.6. The number of rotatable bonds is 13. The van der Waals surface area contributed by atoms with Gasteiger partial charge in [-0.05, 0) is 49.6 Å². The van der Waals surface area contributed by atoms with Crippen molar-refractivity contribution in [1.29, 1.82) is 0 Å². The fraction of sp³-hybridized carbons (Fsp3) is 0.440. The van der Waals surface area contributed by atoms with E-state index in [-0.39, 0.29) is 43.4 Å². The Morgan fingerprint density at radius 1 is 1.08 bits per heavy atom. The van der Waals surface area contributed by atoms with Crippen molar-refractivity contribution in [2.24, 2.45) is 0 Å². The highest BCUT2D eigenvalue weighted by Crippen LogP contribution is 2.22. The minimum atomic E-state index is -3.81. The zero-order chi connectivity index (χ0) is 26.9. The van der Waals surface area contributed by atoms with Gasteiger partial charge in [-0.3, -0.25) is 13.9 Å². The monoisotopic (exact) mass is 587 g/mol. The fourth-order valence-corrected chi connectivity index (χ4v) is 5.00. The Labute approximate surface area is 220 Å². The summed E-state index contributed by atoms with van der Waals surface area (Å²) in [6, 6.07) is 9.48. The first-order chi connectivity index (χ1) is 16.9. The Bertz CT molecular complexity index is 1160. The third-order valence-electron chi connectivity index (χ3n) is 5.58. The van der Waals surface area contributed by atoms with Crippen LogP contribution < -0.4 is 9.62 Å². The Kier molecular flexibility index (Phi) is 11.3. The van der Waals surface area contributed by atoms with E-state index in [1.165, 1.54) is 11.0 Å². The predicted molar refractivity (Wildman–Crippen MR) is 140 cm³/mol. The zero-order valence-corrected chi connectivity index (χ0v) is 23.0. The van der Waals surface area contributed by atoms with Gasteiger partial charge in [0.15, 0.2) is 11.6 Å². The number of anilines is 1. The van der Waals surface area contributed by atoms with Gasteiger partial charge >= 0.3 is 0 Å². The van der Waals surface area contributed by atoms with E-state index in [0.29, 0.717) is 6.54 Å². The van der Waals surface area contributed by atoms with E-state index in [1.807, 2.05) is 31.2 Å². The number of benzene rings is 2. The van der Waals surface area contributed by atoms with Gasteiger partial charge in [-0.1, -0.05) is 41.4 Å². The molecule has 0 aliphatic carbocycles. The van der Waals surface area contributed by atoms with E-state index >= 15 is 0 Å². The molecule has 1 atom stereocenters. The van der Waals surface area contributed by atoms with Gasteiger partial charge in [-0.15, -0.1) is 0 Å². The quantitative estimate of drug-likeness (QED) is 0.347. The fourth-order valence-electron chi connectivity index (χ4n) is 3.59. The van der Waals surface area contributed by atoms with E-state index in [4.69, 9.17) is 0 Å². The summed E-state index contributed by atoms with van der Waals surface area (Å²) in [6.45, 7) is 4.26. The molecule has 2 amide bonds. The lowest BCUT2D eigenvalue weighted by Crippen LogP contribution is -2.48. The van der Waals surface area contributed by atoms with Crippen molar-refractivity contribution in [2.75, 3.05) is 23.7 Å². The lowest BCUT2D eigenvalue weighted by atomic mass is 10.1. The molecule has 0 bridgehead atoms.